The molecule has 0 atom stereocenters. The second-order valence-corrected chi connectivity index (χ2v) is 7.85. The third kappa shape index (κ3) is 3.48. The van der Waals surface area contributed by atoms with Gasteiger partial charge in [-0.15, -0.1) is 5.10 Å². The molecule has 0 bridgehead atoms. The quantitative estimate of drug-likeness (QED) is 0.525. The Balaban J connectivity index is 1.49. The van der Waals surface area contributed by atoms with Gasteiger partial charge >= 0.3 is 0 Å². The number of nitrogens with one attached hydrogen (secondary N) is 1. The Kier molecular flexibility index (Phi) is 4.80. The van der Waals surface area contributed by atoms with E-state index in [4.69, 9.17) is 0 Å². The third-order valence-corrected chi connectivity index (χ3v) is 5.78. The Labute approximate surface area is 172 Å². The standard InChI is InChI=1S/C21H23F2N7/c1-13-26-20-17(29(13)12-19(22)23)9-14(10-24-20)16-7-8-30-18(16)11-25-21(28-30)27-15-5-3-2-4-6-15/h7-11,15,19H,2-6,12H2,1H3,(H,27,28). The van der Waals surface area contributed by atoms with E-state index in [-0.39, 0.29) is 0 Å². The Morgan fingerprint density at radius 2 is 1.97 bits per heavy atom. The van der Waals surface area contributed by atoms with Crippen LogP contribution in [0, 0.1) is 6.92 Å². The van der Waals surface area contributed by atoms with Gasteiger partial charge in [0, 0.05) is 29.6 Å². The molecular weight excluding hydrogens is 388 g/mol. The molecule has 0 radical (unpaired) electrons. The molecule has 30 heavy (non-hydrogen) atoms. The molecule has 1 saturated carbocycles. The van der Waals surface area contributed by atoms with Crippen LogP contribution < -0.4 is 5.32 Å². The molecule has 156 valence electrons. The molecule has 1 fully saturated rings. The first-order valence-corrected chi connectivity index (χ1v) is 10.3. The van der Waals surface area contributed by atoms with Crippen LogP contribution in [0.25, 0.3) is 27.8 Å². The van der Waals surface area contributed by atoms with E-state index in [9.17, 15) is 8.78 Å². The first kappa shape index (κ1) is 18.9. The molecule has 7 nitrogen and oxygen atoms in total. The van der Waals surface area contributed by atoms with E-state index in [1.165, 1.54) is 23.8 Å². The summed E-state index contributed by atoms with van der Waals surface area (Å²) in [7, 11) is 0. The largest absolute Gasteiger partial charge is 0.350 e. The van der Waals surface area contributed by atoms with Gasteiger partial charge < -0.3 is 9.88 Å². The van der Waals surface area contributed by atoms with E-state index < -0.39 is 13.0 Å². The second kappa shape index (κ2) is 7.62. The summed E-state index contributed by atoms with van der Waals surface area (Å²) < 4.78 is 29.3. The highest BCUT2D eigenvalue weighted by Gasteiger charge is 2.17. The summed E-state index contributed by atoms with van der Waals surface area (Å²) in [5.74, 6) is 1.15. The van der Waals surface area contributed by atoms with Crippen molar-refractivity contribution in [3.63, 3.8) is 0 Å². The lowest BCUT2D eigenvalue weighted by Crippen LogP contribution is -2.23. The van der Waals surface area contributed by atoms with Gasteiger partial charge in [0.1, 0.15) is 5.82 Å². The fourth-order valence-electron chi connectivity index (χ4n) is 4.27. The van der Waals surface area contributed by atoms with E-state index in [1.807, 2.05) is 18.3 Å². The number of alkyl halides is 2. The van der Waals surface area contributed by atoms with Crippen molar-refractivity contribution in [1.29, 1.82) is 0 Å². The molecule has 1 N–H and O–H groups in total. The molecule has 4 aromatic rings. The van der Waals surface area contributed by atoms with Crippen LogP contribution in [0.3, 0.4) is 0 Å². The maximum atomic E-state index is 13.0. The summed E-state index contributed by atoms with van der Waals surface area (Å²) in [6, 6.07) is 4.22. The van der Waals surface area contributed by atoms with Crippen LogP contribution in [0.1, 0.15) is 37.9 Å². The van der Waals surface area contributed by atoms with E-state index in [2.05, 4.69) is 25.4 Å². The van der Waals surface area contributed by atoms with Crippen molar-refractivity contribution in [2.75, 3.05) is 5.32 Å². The summed E-state index contributed by atoms with van der Waals surface area (Å²) in [6.07, 6.45) is 9.01. The predicted molar refractivity (Wildman–Crippen MR) is 111 cm³/mol. The molecular formula is C21H23F2N7. The van der Waals surface area contributed by atoms with Gasteiger partial charge in [-0.1, -0.05) is 19.3 Å². The number of rotatable bonds is 5. The summed E-state index contributed by atoms with van der Waals surface area (Å²) in [5, 5.41) is 8.03. The van der Waals surface area contributed by atoms with Crippen molar-refractivity contribution in [1.82, 2.24) is 29.1 Å². The number of nitrogens with zero attached hydrogens (tertiary/aromatic N) is 6. The molecule has 4 aromatic heterocycles. The molecule has 5 rings (SSSR count). The molecule has 0 saturated heterocycles. The number of pyridine rings is 1. The molecule has 9 heteroatoms. The van der Waals surface area contributed by atoms with Gasteiger partial charge in [0.25, 0.3) is 6.43 Å². The average Bonchev–Trinajstić information content (AvgIpc) is 3.29. The lowest BCUT2D eigenvalue weighted by molar-refractivity contribution is 0.127. The normalized spacial score (nSPS) is 15.5. The lowest BCUT2D eigenvalue weighted by atomic mass is 9.96. The average molecular weight is 411 g/mol. The fourth-order valence-corrected chi connectivity index (χ4v) is 4.27. The van der Waals surface area contributed by atoms with Crippen LogP contribution in [-0.2, 0) is 6.54 Å². The molecule has 0 spiro atoms. The molecule has 4 heterocycles. The van der Waals surface area contributed by atoms with E-state index in [0.29, 0.717) is 29.0 Å². The minimum atomic E-state index is -2.46. The number of aryl methyl sites for hydroxylation is 1. The van der Waals surface area contributed by atoms with Gasteiger partial charge in [-0.3, -0.25) is 0 Å². The summed E-state index contributed by atoms with van der Waals surface area (Å²) in [4.78, 5) is 13.2. The molecule has 0 aromatic carbocycles. The van der Waals surface area contributed by atoms with Crippen molar-refractivity contribution >= 4 is 22.6 Å². The number of halogens is 2. The van der Waals surface area contributed by atoms with Crippen molar-refractivity contribution in [3.05, 3.63) is 36.5 Å². The number of hydrogen-bond donors (Lipinski definition) is 1. The topological polar surface area (TPSA) is 72.9 Å². The van der Waals surface area contributed by atoms with Gasteiger partial charge in [0.05, 0.1) is 23.8 Å². The van der Waals surface area contributed by atoms with Gasteiger partial charge in [0.2, 0.25) is 5.95 Å². The maximum absolute atomic E-state index is 13.0. The Hall–Kier alpha value is -3.10. The molecule has 1 aliphatic carbocycles. The summed E-state index contributed by atoms with van der Waals surface area (Å²) >= 11 is 0. The second-order valence-electron chi connectivity index (χ2n) is 7.85. The zero-order valence-corrected chi connectivity index (χ0v) is 16.7. The smallest absolute Gasteiger partial charge is 0.256 e. The molecule has 1 aliphatic rings. The zero-order valence-electron chi connectivity index (χ0n) is 16.7. The summed E-state index contributed by atoms with van der Waals surface area (Å²) in [6.45, 7) is 1.31. The predicted octanol–water partition coefficient (Wildman–Crippen LogP) is 4.46. The number of fused-ring (bicyclic) bond motifs is 2. The van der Waals surface area contributed by atoms with Crippen LogP contribution >= 0.6 is 0 Å². The maximum Gasteiger partial charge on any atom is 0.256 e. The third-order valence-electron chi connectivity index (χ3n) is 5.78. The van der Waals surface area contributed by atoms with Crippen molar-refractivity contribution in [3.8, 4) is 11.1 Å². The van der Waals surface area contributed by atoms with Crippen LogP contribution in [-0.4, -0.2) is 41.6 Å². The number of imidazole rings is 1. The first-order valence-electron chi connectivity index (χ1n) is 10.3. The Morgan fingerprint density at radius 1 is 1.13 bits per heavy atom. The lowest BCUT2D eigenvalue weighted by Gasteiger charge is -2.22. The molecule has 0 amide bonds. The van der Waals surface area contributed by atoms with Crippen molar-refractivity contribution < 1.29 is 8.78 Å². The van der Waals surface area contributed by atoms with E-state index in [0.717, 1.165) is 29.5 Å². The Bertz CT molecular complexity index is 1190. The SMILES string of the molecule is Cc1nc2ncc(-c3ccn4nc(NC5CCCCC5)ncc34)cc2n1CC(F)F. The number of anilines is 1. The highest BCUT2D eigenvalue weighted by molar-refractivity contribution is 5.85. The summed E-state index contributed by atoms with van der Waals surface area (Å²) in [5.41, 5.74) is 3.62. The van der Waals surface area contributed by atoms with Crippen molar-refractivity contribution in [2.45, 2.75) is 58.0 Å². The van der Waals surface area contributed by atoms with Crippen LogP contribution in [0.15, 0.2) is 30.7 Å². The molecule has 0 aliphatic heterocycles. The van der Waals surface area contributed by atoms with E-state index in [1.54, 1.807) is 23.8 Å². The fraction of sp³-hybridized carbons (Fsp3) is 0.429. The minimum Gasteiger partial charge on any atom is -0.350 e. The first-order chi connectivity index (χ1) is 14.6. The van der Waals surface area contributed by atoms with Crippen LogP contribution in [0.4, 0.5) is 14.7 Å². The zero-order chi connectivity index (χ0) is 20.7. The van der Waals surface area contributed by atoms with Gasteiger partial charge in [-0.2, -0.15) is 0 Å². The highest BCUT2D eigenvalue weighted by atomic mass is 19.3. The van der Waals surface area contributed by atoms with Crippen LogP contribution in [0.5, 0.6) is 0 Å². The highest BCUT2D eigenvalue weighted by Crippen LogP contribution is 2.28. The number of hydrogen-bond acceptors (Lipinski definition) is 5. The molecule has 0 unspecified atom stereocenters. The van der Waals surface area contributed by atoms with Gasteiger partial charge in [-0.05, 0) is 31.9 Å². The van der Waals surface area contributed by atoms with E-state index >= 15 is 0 Å². The van der Waals surface area contributed by atoms with Crippen LogP contribution in [0.2, 0.25) is 0 Å². The minimum absolute atomic E-state index is 0.400. The Morgan fingerprint density at radius 3 is 2.77 bits per heavy atom. The monoisotopic (exact) mass is 411 g/mol. The van der Waals surface area contributed by atoms with Gasteiger partial charge in [0.15, 0.2) is 5.65 Å². The van der Waals surface area contributed by atoms with Gasteiger partial charge in [-0.25, -0.2) is 28.2 Å². The van der Waals surface area contributed by atoms with Crippen molar-refractivity contribution in [2.24, 2.45) is 0 Å². The number of aromatic nitrogens is 6.